The Morgan fingerprint density at radius 1 is 0.875 bits per heavy atom. The van der Waals surface area contributed by atoms with Crippen LogP contribution in [0.5, 0.6) is 0 Å². The van der Waals surface area contributed by atoms with E-state index in [4.69, 9.17) is 0 Å². The first-order valence-electron chi connectivity index (χ1n) is 6.52. The molecular weight excluding hydrogens is 192 g/mol. The molecule has 0 aromatic carbocycles. The fraction of sp³-hybridized carbons (Fsp3) is 0.625. The zero-order chi connectivity index (χ0) is 12.4. The van der Waals surface area contributed by atoms with Crippen LogP contribution in [-0.4, -0.2) is 0 Å². The molecule has 0 aliphatic heterocycles. The molecule has 0 spiro atoms. The second-order valence-corrected chi connectivity index (χ2v) is 4.89. The standard InChI is InChI=1S/C16H28/c1-6-9-15(4)12-8-13-16(5)11-7-10-14(2)3/h11-12H,2,6-10,13H2,1,3-5H3/b15-12+,16-11+. The molecule has 0 aromatic rings. The highest BCUT2D eigenvalue weighted by molar-refractivity contribution is 5.04. The first-order valence-corrected chi connectivity index (χ1v) is 6.52. The van der Waals surface area contributed by atoms with Crippen LogP contribution in [0.1, 0.15) is 66.2 Å². The summed E-state index contributed by atoms with van der Waals surface area (Å²) in [7, 11) is 0. The summed E-state index contributed by atoms with van der Waals surface area (Å²) >= 11 is 0. The second kappa shape index (κ2) is 9.45. The Hall–Kier alpha value is -0.780. The smallest absolute Gasteiger partial charge is 0.0288 e. The average molecular weight is 220 g/mol. The van der Waals surface area contributed by atoms with Crippen molar-refractivity contribution < 1.29 is 0 Å². The summed E-state index contributed by atoms with van der Waals surface area (Å²) in [6, 6.07) is 0. The van der Waals surface area contributed by atoms with Crippen molar-refractivity contribution in [3.63, 3.8) is 0 Å². The first kappa shape index (κ1) is 15.2. The van der Waals surface area contributed by atoms with Gasteiger partial charge in [0.15, 0.2) is 0 Å². The van der Waals surface area contributed by atoms with Crippen LogP contribution in [0.4, 0.5) is 0 Å². The quantitative estimate of drug-likeness (QED) is 0.452. The largest absolute Gasteiger partial charge is 0.100 e. The Morgan fingerprint density at radius 2 is 1.38 bits per heavy atom. The molecule has 0 saturated carbocycles. The topological polar surface area (TPSA) is 0 Å². The van der Waals surface area contributed by atoms with E-state index in [0.29, 0.717) is 0 Å². The molecular formula is C16H28. The van der Waals surface area contributed by atoms with E-state index in [2.05, 4.69) is 46.4 Å². The SMILES string of the molecule is C=C(C)CC/C=C(\C)CC/C=C(\C)CCC. The molecule has 0 bridgehead atoms. The molecule has 0 fully saturated rings. The highest BCUT2D eigenvalue weighted by atomic mass is 14.0. The number of rotatable bonds is 8. The summed E-state index contributed by atoms with van der Waals surface area (Å²) in [4.78, 5) is 0. The summed E-state index contributed by atoms with van der Waals surface area (Å²) in [6.07, 6.45) is 11.9. The van der Waals surface area contributed by atoms with Gasteiger partial charge in [-0.3, -0.25) is 0 Å². The van der Waals surface area contributed by atoms with Gasteiger partial charge in [0.25, 0.3) is 0 Å². The number of hydrogen-bond donors (Lipinski definition) is 0. The van der Waals surface area contributed by atoms with Crippen molar-refractivity contribution in [2.45, 2.75) is 66.2 Å². The third kappa shape index (κ3) is 9.76. The van der Waals surface area contributed by atoms with Crippen LogP contribution in [0.2, 0.25) is 0 Å². The van der Waals surface area contributed by atoms with Gasteiger partial charge in [-0.25, -0.2) is 0 Å². The van der Waals surface area contributed by atoms with Crippen molar-refractivity contribution in [3.05, 3.63) is 35.5 Å². The van der Waals surface area contributed by atoms with Crippen molar-refractivity contribution in [1.82, 2.24) is 0 Å². The van der Waals surface area contributed by atoms with Crippen LogP contribution >= 0.6 is 0 Å². The van der Waals surface area contributed by atoms with Crippen LogP contribution in [0.15, 0.2) is 35.5 Å². The molecule has 0 nitrogen and oxygen atoms in total. The maximum Gasteiger partial charge on any atom is -0.0288 e. The van der Waals surface area contributed by atoms with Crippen molar-refractivity contribution >= 4 is 0 Å². The van der Waals surface area contributed by atoms with E-state index in [1.807, 2.05) is 0 Å². The summed E-state index contributed by atoms with van der Waals surface area (Å²) in [6.45, 7) is 12.7. The zero-order valence-electron chi connectivity index (χ0n) is 11.6. The lowest BCUT2D eigenvalue weighted by molar-refractivity contribution is 0.876. The predicted molar refractivity (Wildman–Crippen MR) is 75.7 cm³/mol. The van der Waals surface area contributed by atoms with E-state index in [9.17, 15) is 0 Å². The molecule has 16 heavy (non-hydrogen) atoms. The molecule has 0 unspecified atom stereocenters. The minimum absolute atomic E-state index is 1.13. The number of hydrogen-bond acceptors (Lipinski definition) is 0. The first-order chi connectivity index (χ1) is 7.56. The molecule has 0 aliphatic carbocycles. The Balaban J connectivity index is 3.75. The van der Waals surface area contributed by atoms with Crippen molar-refractivity contribution in [2.24, 2.45) is 0 Å². The van der Waals surface area contributed by atoms with E-state index in [0.717, 1.165) is 12.8 Å². The van der Waals surface area contributed by atoms with Gasteiger partial charge in [-0.05, 0) is 52.9 Å². The van der Waals surface area contributed by atoms with Crippen molar-refractivity contribution in [1.29, 1.82) is 0 Å². The van der Waals surface area contributed by atoms with Gasteiger partial charge >= 0.3 is 0 Å². The molecule has 0 rings (SSSR count). The van der Waals surface area contributed by atoms with E-state index in [1.54, 1.807) is 0 Å². The van der Waals surface area contributed by atoms with Gasteiger partial charge in [0.2, 0.25) is 0 Å². The lowest BCUT2D eigenvalue weighted by atomic mass is 10.1. The molecule has 0 radical (unpaired) electrons. The maximum absolute atomic E-state index is 3.92. The van der Waals surface area contributed by atoms with Crippen LogP contribution in [0.3, 0.4) is 0 Å². The minimum atomic E-state index is 1.13. The third-order valence-corrected chi connectivity index (χ3v) is 2.74. The molecule has 0 heterocycles. The molecule has 0 aliphatic rings. The third-order valence-electron chi connectivity index (χ3n) is 2.74. The van der Waals surface area contributed by atoms with Gasteiger partial charge in [-0.1, -0.05) is 42.2 Å². The Bertz CT molecular complexity index is 253. The zero-order valence-corrected chi connectivity index (χ0v) is 11.6. The normalized spacial score (nSPS) is 13.0. The van der Waals surface area contributed by atoms with Gasteiger partial charge in [-0.15, -0.1) is 6.58 Å². The van der Waals surface area contributed by atoms with Crippen LogP contribution in [-0.2, 0) is 0 Å². The monoisotopic (exact) mass is 220 g/mol. The van der Waals surface area contributed by atoms with Crippen LogP contribution in [0, 0.1) is 0 Å². The fourth-order valence-corrected chi connectivity index (χ4v) is 1.71. The van der Waals surface area contributed by atoms with Gasteiger partial charge in [0, 0.05) is 0 Å². The predicted octanol–water partition coefficient (Wildman–Crippen LogP) is 5.82. The highest BCUT2D eigenvalue weighted by Gasteiger charge is 1.91. The van der Waals surface area contributed by atoms with Gasteiger partial charge in [0.05, 0.1) is 0 Å². The van der Waals surface area contributed by atoms with E-state index >= 15 is 0 Å². The Kier molecular flexibility index (Phi) is 8.99. The highest BCUT2D eigenvalue weighted by Crippen LogP contribution is 2.11. The molecule has 0 amide bonds. The van der Waals surface area contributed by atoms with Gasteiger partial charge in [0.1, 0.15) is 0 Å². The molecule has 0 aromatic heterocycles. The van der Waals surface area contributed by atoms with Crippen LogP contribution in [0.25, 0.3) is 0 Å². The number of allylic oxidation sites excluding steroid dienone is 5. The van der Waals surface area contributed by atoms with E-state index < -0.39 is 0 Å². The summed E-state index contributed by atoms with van der Waals surface area (Å²) < 4.78 is 0. The van der Waals surface area contributed by atoms with Crippen molar-refractivity contribution in [2.75, 3.05) is 0 Å². The van der Waals surface area contributed by atoms with E-state index in [-0.39, 0.29) is 0 Å². The summed E-state index contributed by atoms with van der Waals surface area (Å²) in [5.41, 5.74) is 4.33. The Morgan fingerprint density at radius 3 is 1.88 bits per heavy atom. The van der Waals surface area contributed by atoms with Gasteiger partial charge < -0.3 is 0 Å². The molecule has 0 atom stereocenters. The van der Waals surface area contributed by atoms with E-state index in [1.165, 1.54) is 42.4 Å². The molecule has 0 N–H and O–H groups in total. The Labute approximate surface area is 102 Å². The lowest BCUT2D eigenvalue weighted by Crippen LogP contribution is -1.80. The second-order valence-electron chi connectivity index (χ2n) is 4.89. The van der Waals surface area contributed by atoms with Gasteiger partial charge in [-0.2, -0.15) is 0 Å². The summed E-state index contributed by atoms with van der Waals surface area (Å²) in [5.74, 6) is 0. The van der Waals surface area contributed by atoms with Crippen molar-refractivity contribution in [3.8, 4) is 0 Å². The summed E-state index contributed by atoms with van der Waals surface area (Å²) in [5, 5.41) is 0. The maximum atomic E-state index is 3.92. The molecule has 0 heteroatoms. The average Bonchev–Trinajstić information content (AvgIpc) is 2.17. The fourth-order valence-electron chi connectivity index (χ4n) is 1.71. The minimum Gasteiger partial charge on any atom is -0.100 e. The molecule has 92 valence electrons. The lowest BCUT2D eigenvalue weighted by Gasteiger charge is -2.01. The van der Waals surface area contributed by atoms with Crippen LogP contribution < -0.4 is 0 Å². The molecule has 0 saturated heterocycles.